The predicted octanol–water partition coefficient (Wildman–Crippen LogP) is 4.76. The summed E-state index contributed by atoms with van der Waals surface area (Å²) in [6, 6.07) is 11.7. The zero-order chi connectivity index (χ0) is 23.7. The van der Waals surface area contributed by atoms with Crippen molar-refractivity contribution >= 4 is 16.7 Å². The molecule has 6 nitrogen and oxygen atoms in total. The molecule has 33 heavy (non-hydrogen) atoms. The number of nitriles is 1. The standard InChI is InChI=1S/C27H28N2O4/c1-15-16(12-28)7-9-20-22-24(30)19-10-8-17(31-13-18-14-32-27(4,5)33-18)11-21(19)26(2,3)25(22)29(6)23(15)20/h7-11,18H,13-14H2,1-6H3/t18-/m0/s1. The minimum Gasteiger partial charge on any atom is -0.491 e. The third kappa shape index (κ3) is 3.18. The monoisotopic (exact) mass is 444 g/mol. The second kappa shape index (κ2) is 7.18. The van der Waals surface area contributed by atoms with Gasteiger partial charge in [-0.05, 0) is 56.2 Å². The first-order valence-corrected chi connectivity index (χ1v) is 11.2. The number of ketones is 1. The number of hydrogen-bond acceptors (Lipinski definition) is 5. The van der Waals surface area contributed by atoms with Gasteiger partial charge in [0.2, 0.25) is 0 Å². The summed E-state index contributed by atoms with van der Waals surface area (Å²) in [5.41, 5.74) is 5.34. The van der Waals surface area contributed by atoms with Gasteiger partial charge in [0.1, 0.15) is 18.5 Å². The molecule has 0 bridgehead atoms. The summed E-state index contributed by atoms with van der Waals surface area (Å²) in [4.78, 5) is 13.7. The fraction of sp³-hybridized carbons (Fsp3) is 0.407. The SMILES string of the molecule is Cc1c(C#N)ccc2c3c(n(C)c12)C(C)(C)c1cc(OC[C@H]2COC(C)(C)O2)ccc1C3=O. The number of carbonyl (C=O) groups excluding carboxylic acids is 1. The minimum absolute atomic E-state index is 0.00913. The molecule has 1 aliphatic heterocycles. The van der Waals surface area contributed by atoms with Crippen LogP contribution in [-0.2, 0) is 21.9 Å². The van der Waals surface area contributed by atoms with Crippen LogP contribution in [0.4, 0.5) is 0 Å². The predicted molar refractivity (Wildman–Crippen MR) is 125 cm³/mol. The van der Waals surface area contributed by atoms with Crippen molar-refractivity contribution in [2.45, 2.75) is 51.9 Å². The number of fused-ring (bicyclic) bond motifs is 4. The molecule has 0 radical (unpaired) electrons. The largest absolute Gasteiger partial charge is 0.491 e. The molecule has 2 aromatic carbocycles. The molecule has 1 saturated heterocycles. The van der Waals surface area contributed by atoms with E-state index in [1.165, 1.54) is 0 Å². The quantitative estimate of drug-likeness (QED) is 0.582. The van der Waals surface area contributed by atoms with E-state index in [-0.39, 0.29) is 11.9 Å². The highest BCUT2D eigenvalue weighted by Gasteiger charge is 2.41. The number of nitrogens with zero attached hydrogens (tertiary/aromatic N) is 2. The highest BCUT2D eigenvalue weighted by Crippen LogP contribution is 2.46. The van der Waals surface area contributed by atoms with Crippen LogP contribution < -0.4 is 4.74 Å². The molecular formula is C27H28N2O4. The first-order chi connectivity index (χ1) is 15.5. The summed E-state index contributed by atoms with van der Waals surface area (Å²) >= 11 is 0. The van der Waals surface area contributed by atoms with Crippen LogP contribution in [-0.4, -0.2) is 35.5 Å². The van der Waals surface area contributed by atoms with E-state index in [2.05, 4.69) is 24.5 Å². The lowest BCUT2D eigenvalue weighted by Crippen LogP contribution is -2.32. The van der Waals surface area contributed by atoms with Crippen molar-refractivity contribution in [1.29, 1.82) is 5.26 Å². The lowest BCUT2D eigenvalue weighted by atomic mass is 9.71. The normalized spacial score (nSPS) is 20.4. The van der Waals surface area contributed by atoms with E-state index >= 15 is 0 Å². The third-order valence-corrected chi connectivity index (χ3v) is 6.96. The van der Waals surface area contributed by atoms with Crippen LogP contribution in [0.25, 0.3) is 10.9 Å². The number of benzene rings is 2. The van der Waals surface area contributed by atoms with Crippen molar-refractivity contribution in [2.75, 3.05) is 13.2 Å². The highest BCUT2D eigenvalue weighted by atomic mass is 16.7. The Labute approximate surface area is 193 Å². The van der Waals surface area contributed by atoms with Crippen molar-refractivity contribution in [1.82, 2.24) is 4.57 Å². The van der Waals surface area contributed by atoms with E-state index in [1.807, 2.05) is 52.1 Å². The Morgan fingerprint density at radius 1 is 1.21 bits per heavy atom. The summed E-state index contributed by atoms with van der Waals surface area (Å²) in [6.45, 7) is 10.9. The summed E-state index contributed by atoms with van der Waals surface area (Å²) in [5, 5.41) is 10.4. The molecule has 5 rings (SSSR count). The van der Waals surface area contributed by atoms with E-state index in [0.29, 0.717) is 30.1 Å². The average Bonchev–Trinajstić information content (AvgIpc) is 3.28. The number of ether oxygens (including phenoxy) is 3. The zero-order valence-corrected chi connectivity index (χ0v) is 19.9. The fourth-order valence-corrected chi connectivity index (χ4v) is 5.45. The lowest BCUT2D eigenvalue weighted by molar-refractivity contribution is -0.141. The summed E-state index contributed by atoms with van der Waals surface area (Å²) in [5.74, 6) is 0.121. The van der Waals surface area contributed by atoms with Crippen molar-refractivity contribution in [2.24, 2.45) is 7.05 Å². The van der Waals surface area contributed by atoms with E-state index in [0.717, 1.165) is 33.3 Å². The van der Waals surface area contributed by atoms with E-state index in [4.69, 9.17) is 14.2 Å². The Morgan fingerprint density at radius 2 is 1.97 bits per heavy atom. The topological polar surface area (TPSA) is 73.5 Å². The van der Waals surface area contributed by atoms with Crippen molar-refractivity contribution < 1.29 is 19.0 Å². The number of hydrogen-bond donors (Lipinski definition) is 0. The van der Waals surface area contributed by atoms with Gasteiger partial charge in [0.05, 0.1) is 29.3 Å². The number of aromatic nitrogens is 1. The Bertz CT molecular complexity index is 1360. The zero-order valence-electron chi connectivity index (χ0n) is 19.9. The maximum Gasteiger partial charge on any atom is 0.195 e. The van der Waals surface area contributed by atoms with Gasteiger partial charge >= 0.3 is 0 Å². The fourth-order valence-electron chi connectivity index (χ4n) is 5.45. The first-order valence-electron chi connectivity index (χ1n) is 11.2. The van der Waals surface area contributed by atoms with Gasteiger partial charge < -0.3 is 18.8 Å². The van der Waals surface area contributed by atoms with Gasteiger partial charge in [0, 0.05) is 29.1 Å². The molecule has 6 heteroatoms. The highest BCUT2D eigenvalue weighted by molar-refractivity contribution is 6.20. The molecule has 1 atom stereocenters. The molecule has 2 aliphatic rings. The van der Waals surface area contributed by atoms with Crippen LogP contribution >= 0.6 is 0 Å². The molecule has 3 aromatic rings. The molecule has 2 heterocycles. The minimum atomic E-state index is -0.591. The van der Waals surface area contributed by atoms with Crippen molar-refractivity contribution in [3.63, 3.8) is 0 Å². The van der Waals surface area contributed by atoms with E-state index in [9.17, 15) is 10.1 Å². The molecule has 1 aliphatic carbocycles. The van der Waals surface area contributed by atoms with Crippen LogP contribution in [0, 0.1) is 18.3 Å². The maximum absolute atomic E-state index is 13.7. The summed E-state index contributed by atoms with van der Waals surface area (Å²) < 4.78 is 19.6. The molecular weight excluding hydrogens is 416 g/mol. The Balaban J connectivity index is 1.57. The van der Waals surface area contributed by atoms with Crippen LogP contribution in [0.1, 0.15) is 66.0 Å². The van der Waals surface area contributed by atoms with Gasteiger partial charge in [-0.3, -0.25) is 4.79 Å². The average molecular weight is 445 g/mol. The van der Waals surface area contributed by atoms with Gasteiger partial charge in [-0.15, -0.1) is 0 Å². The van der Waals surface area contributed by atoms with Gasteiger partial charge in [0.15, 0.2) is 11.6 Å². The molecule has 0 saturated carbocycles. The smallest absolute Gasteiger partial charge is 0.195 e. The molecule has 0 amide bonds. The van der Waals surface area contributed by atoms with E-state index < -0.39 is 11.2 Å². The third-order valence-electron chi connectivity index (χ3n) is 6.96. The molecule has 0 N–H and O–H groups in total. The van der Waals surface area contributed by atoms with Crippen LogP contribution in [0.2, 0.25) is 0 Å². The Hall–Kier alpha value is -3.14. The molecule has 0 unspecified atom stereocenters. The Morgan fingerprint density at radius 3 is 2.64 bits per heavy atom. The van der Waals surface area contributed by atoms with Crippen LogP contribution in [0.5, 0.6) is 5.75 Å². The second-order valence-corrected chi connectivity index (χ2v) is 9.95. The number of aryl methyl sites for hydroxylation is 2. The summed E-state index contributed by atoms with van der Waals surface area (Å²) in [7, 11) is 1.98. The molecule has 1 aromatic heterocycles. The van der Waals surface area contributed by atoms with Crippen molar-refractivity contribution in [3.05, 3.63) is 63.8 Å². The summed E-state index contributed by atoms with van der Waals surface area (Å²) in [6.07, 6.45) is -0.132. The van der Waals surface area contributed by atoms with Gasteiger partial charge in [-0.2, -0.15) is 5.26 Å². The van der Waals surface area contributed by atoms with E-state index in [1.54, 1.807) is 6.07 Å². The molecule has 170 valence electrons. The van der Waals surface area contributed by atoms with Crippen LogP contribution in [0.15, 0.2) is 30.3 Å². The second-order valence-electron chi connectivity index (χ2n) is 9.95. The molecule has 1 fully saturated rings. The van der Waals surface area contributed by atoms with Gasteiger partial charge in [-0.1, -0.05) is 19.9 Å². The number of rotatable bonds is 3. The van der Waals surface area contributed by atoms with Gasteiger partial charge in [0.25, 0.3) is 0 Å². The lowest BCUT2D eigenvalue weighted by Gasteiger charge is -2.34. The number of carbonyl (C=O) groups is 1. The van der Waals surface area contributed by atoms with Gasteiger partial charge in [-0.25, -0.2) is 0 Å². The maximum atomic E-state index is 13.7. The Kier molecular flexibility index (Phi) is 4.72. The van der Waals surface area contributed by atoms with Crippen LogP contribution in [0.3, 0.4) is 0 Å². The molecule has 0 spiro atoms. The van der Waals surface area contributed by atoms with Crippen molar-refractivity contribution in [3.8, 4) is 11.8 Å². The first kappa shape index (κ1) is 21.7.